The number of hydrogen-bond donors (Lipinski definition) is 1. The van der Waals surface area contributed by atoms with Gasteiger partial charge >= 0.3 is 0 Å². The molecule has 0 bridgehead atoms. The number of halogens is 2. The molecule has 0 radical (unpaired) electrons. The number of nitrogens with zero attached hydrogens (tertiary/aromatic N) is 2. The third-order valence-corrected chi connectivity index (χ3v) is 3.86. The summed E-state index contributed by atoms with van der Waals surface area (Å²) in [7, 11) is 5.59. The second kappa shape index (κ2) is 6.50. The van der Waals surface area contributed by atoms with Gasteiger partial charge in [-0.15, -0.1) is 0 Å². The molecule has 1 N–H and O–H groups in total. The second-order valence-electron chi connectivity index (χ2n) is 5.74. The molecular formula is C15H23F2N3. The highest BCUT2D eigenvalue weighted by atomic mass is 19.1. The minimum atomic E-state index is -0.482. The Balaban J connectivity index is 2.11. The molecule has 1 unspecified atom stereocenters. The van der Waals surface area contributed by atoms with E-state index < -0.39 is 11.6 Å². The fourth-order valence-corrected chi connectivity index (χ4v) is 2.94. The van der Waals surface area contributed by atoms with Crippen LogP contribution in [0.15, 0.2) is 12.1 Å². The van der Waals surface area contributed by atoms with Crippen molar-refractivity contribution in [1.29, 1.82) is 0 Å². The number of anilines is 1. The molecule has 1 aliphatic heterocycles. The predicted molar refractivity (Wildman–Crippen MR) is 78.0 cm³/mol. The van der Waals surface area contributed by atoms with Gasteiger partial charge in [0.25, 0.3) is 0 Å². The Kier molecular flexibility index (Phi) is 4.94. The van der Waals surface area contributed by atoms with Crippen LogP contribution in [-0.4, -0.2) is 45.7 Å². The lowest BCUT2D eigenvalue weighted by Gasteiger charge is -2.24. The van der Waals surface area contributed by atoms with E-state index in [-0.39, 0.29) is 5.69 Å². The fraction of sp³-hybridized carbons (Fsp3) is 0.600. The van der Waals surface area contributed by atoms with Crippen LogP contribution >= 0.6 is 0 Å². The number of likely N-dealkylation sites (tertiary alicyclic amines) is 1. The van der Waals surface area contributed by atoms with E-state index in [1.165, 1.54) is 12.1 Å². The molecule has 20 heavy (non-hydrogen) atoms. The zero-order valence-electron chi connectivity index (χ0n) is 12.4. The van der Waals surface area contributed by atoms with Gasteiger partial charge in [0.2, 0.25) is 0 Å². The molecule has 1 atom stereocenters. The summed E-state index contributed by atoms with van der Waals surface area (Å²) in [6.07, 6.45) is 1.09. The highest BCUT2D eigenvalue weighted by Gasteiger charge is 2.23. The molecule has 1 heterocycles. The lowest BCUT2D eigenvalue weighted by molar-refractivity contribution is 0.395. The van der Waals surface area contributed by atoms with Crippen LogP contribution in [-0.2, 0) is 6.54 Å². The number of hydrogen-bond acceptors (Lipinski definition) is 3. The molecule has 5 heteroatoms. The first kappa shape index (κ1) is 15.2. The maximum absolute atomic E-state index is 14.1. The van der Waals surface area contributed by atoms with Crippen LogP contribution < -0.4 is 10.2 Å². The van der Waals surface area contributed by atoms with Crippen LogP contribution in [0.5, 0.6) is 0 Å². The highest BCUT2D eigenvalue weighted by Crippen LogP contribution is 2.26. The molecule has 1 fully saturated rings. The van der Waals surface area contributed by atoms with Crippen molar-refractivity contribution >= 4 is 5.69 Å². The van der Waals surface area contributed by atoms with Crippen molar-refractivity contribution in [2.75, 3.05) is 45.7 Å². The van der Waals surface area contributed by atoms with Crippen molar-refractivity contribution in [2.45, 2.75) is 13.0 Å². The number of rotatable bonds is 5. The minimum absolute atomic E-state index is 0.0828. The summed E-state index contributed by atoms with van der Waals surface area (Å²) in [6, 6.07) is 2.82. The molecule has 1 saturated heterocycles. The minimum Gasteiger partial charge on any atom is -0.370 e. The van der Waals surface area contributed by atoms with Crippen molar-refractivity contribution in [1.82, 2.24) is 10.2 Å². The third kappa shape index (κ3) is 3.46. The summed E-state index contributed by atoms with van der Waals surface area (Å²) >= 11 is 0. The lowest BCUT2D eigenvalue weighted by Crippen LogP contribution is -2.28. The standard InChI is InChI=1S/C15H23F2N3/c1-18-8-12-6-13(16)15(14(17)7-12)20(3)10-11-4-5-19(2)9-11/h6-7,11,18H,4-5,8-10H2,1-3H3. The van der Waals surface area contributed by atoms with Crippen LogP contribution in [0.25, 0.3) is 0 Å². The van der Waals surface area contributed by atoms with E-state index in [0.717, 1.165) is 19.5 Å². The van der Waals surface area contributed by atoms with Crippen molar-refractivity contribution in [3.05, 3.63) is 29.3 Å². The summed E-state index contributed by atoms with van der Waals surface area (Å²) < 4.78 is 28.2. The van der Waals surface area contributed by atoms with Crippen molar-refractivity contribution in [2.24, 2.45) is 5.92 Å². The SMILES string of the molecule is CNCc1cc(F)c(N(C)CC2CCN(C)C2)c(F)c1. The lowest BCUT2D eigenvalue weighted by atomic mass is 10.1. The summed E-state index contributed by atoms with van der Waals surface area (Å²) in [6.45, 7) is 3.20. The van der Waals surface area contributed by atoms with Gasteiger partial charge in [0.05, 0.1) is 0 Å². The maximum atomic E-state index is 14.1. The third-order valence-electron chi connectivity index (χ3n) is 3.86. The molecule has 1 aromatic carbocycles. The molecule has 0 amide bonds. The average Bonchev–Trinajstić information content (AvgIpc) is 2.74. The van der Waals surface area contributed by atoms with Crippen LogP contribution in [0.2, 0.25) is 0 Å². The van der Waals surface area contributed by atoms with E-state index in [4.69, 9.17) is 0 Å². The van der Waals surface area contributed by atoms with Crippen molar-refractivity contribution < 1.29 is 8.78 Å². The van der Waals surface area contributed by atoms with E-state index in [2.05, 4.69) is 17.3 Å². The molecule has 0 aliphatic carbocycles. The zero-order valence-corrected chi connectivity index (χ0v) is 12.4. The van der Waals surface area contributed by atoms with Gasteiger partial charge in [-0.1, -0.05) is 0 Å². The largest absolute Gasteiger partial charge is 0.370 e. The van der Waals surface area contributed by atoms with Crippen molar-refractivity contribution in [3.8, 4) is 0 Å². The van der Waals surface area contributed by atoms with Gasteiger partial charge in [0.15, 0.2) is 0 Å². The first-order chi connectivity index (χ1) is 9.51. The van der Waals surface area contributed by atoms with Crippen LogP contribution in [0.3, 0.4) is 0 Å². The molecule has 0 saturated carbocycles. The predicted octanol–water partition coefficient (Wildman–Crippen LogP) is 2.07. The number of nitrogens with one attached hydrogen (secondary N) is 1. The summed E-state index contributed by atoms with van der Waals surface area (Å²) in [5.74, 6) is -0.492. The molecule has 3 nitrogen and oxygen atoms in total. The van der Waals surface area contributed by atoms with Crippen molar-refractivity contribution in [3.63, 3.8) is 0 Å². The van der Waals surface area contributed by atoms with E-state index >= 15 is 0 Å². The first-order valence-corrected chi connectivity index (χ1v) is 7.03. The fourth-order valence-electron chi connectivity index (χ4n) is 2.94. The van der Waals surface area contributed by atoms with E-state index in [1.807, 2.05) is 0 Å². The maximum Gasteiger partial charge on any atom is 0.149 e. The molecular weight excluding hydrogens is 260 g/mol. The normalized spacial score (nSPS) is 19.6. The monoisotopic (exact) mass is 283 g/mol. The van der Waals surface area contributed by atoms with Gasteiger partial charge in [-0.3, -0.25) is 0 Å². The molecule has 1 aromatic rings. The van der Waals surface area contributed by atoms with Gasteiger partial charge in [-0.05, 0) is 50.7 Å². The Morgan fingerprint density at radius 1 is 1.35 bits per heavy atom. The average molecular weight is 283 g/mol. The molecule has 0 aromatic heterocycles. The van der Waals surface area contributed by atoms with Gasteiger partial charge in [-0.25, -0.2) is 8.78 Å². The van der Waals surface area contributed by atoms with E-state index in [9.17, 15) is 8.78 Å². The first-order valence-electron chi connectivity index (χ1n) is 7.03. The number of benzene rings is 1. The highest BCUT2D eigenvalue weighted by molar-refractivity contribution is 5.50. The zero-order chi connectivity index (χ0) is 14.7. The van der Waals surface area contributed by atoms with Crippen LogP contribution in [0, 0.1) is 17.6 Å². The van der Waals surface area contributed by atoms with Crippen LogP contribution in [0.1, 0.15) is 12.0 Å². The Bertz CT molecular complexity index is 441. The Morgan fingerprint density at radius 3 is 2.50 bits per heavy atom. The van der Waals surface area contributed by atoms with E-state index in [1.54, 1.807) is 19.0 Å². The smallest absolute Gasteiger partial charge is 0.149 e. The molecule has 2 rings (SSSR count). The van der Waals surface area contributed by atoms with Gasteiger partial charge < -0.3 is 15.1 Å². The Morgan fingerprint density at radius 2 is 2.00 bits per heavy atom. The van der Waals surface area contributed by atoms with E-state index in [0.29, 0.717) is 24.6 Å². The molecule has 112 valence electrons. The summed E-state index contributed by atoms with van der Waals surface area (Å²) in [4.78, 5) is 3.96. The summed E-state index contributed by atoms with van der Waals surface area (Å²) in [5, 5.41) is 2.90. The second-order valence-corrected chi connectivity index (χ2v) is 5.74. The molecule has 1 aliphatic rings. The quantitative estimate of drug-likeness (QED) is 0.892. The van der Waals surface area contributed by atoms with Crippen LogP contribution in [0.4, 0.5) is 14.5 Å². The van der Waals surface area contributed by atoms with Gasteiger partial charge in [0, 0.05) is 26.7 Å². The molecule has 0 spiro atoms. The summed E-state index contributed by atoms with van der Waals surface area (Å²) in [5.41, 5.74) is 0.708. The topological polar surface area (TPSA) is 18.5 Å². The van der Waals surface area contributed by atoms with Gasteiger partial charge in [0.1, 0.15) is 17.3 Å². The Labute approximate surface area is 119 Å². The van der Waals surface area contributed by atoms with Gasteiger partial charge in [-0.2, -0.15) is 0 Å². The Hall–Kier alpha value is -1.20.